The predicted octanol–water partition coefficient (Wildman–Crippen LogP) is 3.39. The molecular formula is C20H31N3O2. The molecule has 2 heterocycles. The normalized spacial score (nSPS) is 23.8. The summed E-state index contributed by atoms with van der Waals surface area (Å²) in [6.07, 6.45) is 8.38. The summed E-state index contributed by atoms with van der Waals surface area (Å²) in [5, 5.41) is 2.95. The second-order valence-corrected chi connectivity index (χ2v) is 7.71. The number of hydrogen-bond donors (Lipinski definition) is 1. The molecule has 1 aliphatic carbocycles. The van der Waals surface area contributed by atoms with Gasteiger partial charge in [0.25, 0.3) is 5.91 Å². The third kappa shape index (κ3) is 4.94. The number of carbonyl (C=O) groups excluding carboxylic acids is 1. The van der Waals surface area contributed by atoms with Gasteiger partial charge in [0.05, 0.1) is 12.2 Å². The fourth-order valence-electron chi connectivity index (χ4n) is 3.46. The monoisotopic (exact) mass is 345 g/mol. The molecule has 25 heavy (non-hydrogen) atoms. The molecule has 1 N–H and O–H groups in total. The summed E-state index contributed by atoms with van der Waals surface area (Å²) in [7, 11) is 0. The number of nitrogens with one attached hydrogen (secondary N) is 1. The molecule has 5 nitrogen and oxygen atoms in total. The summed E-state index contributed by atoms with van der Waals surface area (Å²) in [5.41, 5.74) is 0.679. The number of rotatable bonds is 7. The molecule has 1 aromatic heterocycles. The molecule has 1 aliphatic heterocycles. The van der Waals surface area contributed by atoms with E-state index in [0.29, 0.717) is 17.6 Å². The van der Waals surface area contributed by atoms with E-state index < -0.39 is 0 Å². The lowest BCUT2D eigenvalue weighted by atomic mass is 10.1. The Morgan fingerprint density at radius 2 is 2.20 bits per heavy atom. The minimum Gasteiger partial charge on any atom is -0.371 e. The van der Waals surface area contributed by atoms with E-state index in [2.05, 4.69) is 22.1 Å². The molecule has 3 rings (SSSR count). The zero-order valence-electron chi connectivity index (χ0n) is 15.7. The standard InChI is InChI=1S/C20H31N3O2/c1-4-5-6-17-12-23(13-18(25-17)15-7-8-15)19-11-16(9-10-21-19)20(24)22-14(2)3/h9-11,14-15,17-18H,4-8,12-13H2,1-3H3,(H,22,24)/t17-,18-/m1/s1. The van der Waals surface area contributed by atoms with Crippen LogP contribution in [-0.4, -0.2) is 42.2 Å². The molecule has 138 valence electrons. The third-order valence-corrected chi connectivity index (χ3v) is 4.97. The van der Waals surface area contributed by atoms with Crippen LogP contribution < -0.4 is 10.2 Å². The van der Waals surface area contributed by atoms with Gasteiger partial charge in [-0.1, -0.05) is 19.8 Å². The molecule has 0 radical (unpaired) electrons. The van der Waals surface area contributed by atoms with Crippen molar-refractivity contribution >= 4 is 11.7 Å². The fourth-order valence-corrected chi connectivity index (χ4v) is 3.46. The molecule has 1 saturated carbocycles. The summed E-state index contributed by atoms with van der Waals surface area (Å²) in [6, 6.07) is 3.84. The van der Waals surface area contributed by atoms with E-state index >= 15 is 0 Å². The first-order chi connectivity index (χ1) is 12.1. The number of ether oxygens (including phenoxy) is 1. The van der Waals surface area contributed by atoms with Crippen LogP contribution in [0.3, 0.4) is 0 Å². The molecule has 0 aromatic carbocycles. The van der Waals surface area contributed by atoms with Gasteiger partial charge in [-0.3, -0.25) is 4.79 Å². The average molecular weight is 345 g/mol. The molecular weight excluding hydrogens is 314 g/mol. The molecule has 0 bridgehead atoms. The van der Waals surface area contributed by atoms with Crippen LogP contribution >= 0.6 is 0 Å². The van der Waals surface area contributed by atoms with E-state index in [4.69, 9.17) is 4.74 Å². The van der Waals surface area contributed by atoms with Gasteiger partial charge in [-0.25, -0.2) is 4.98 Å². The van der Waals surface area contributed by atoms with Crippen molar-refractivity contribution < 1.29 is 9.53 Å². The SMILES string of the molecule is CCCC[C@@H]1CN(c2cc(C(=O)NC(C)C)ccn2)C[C@H](C2CC2)O1. The number of amides is 1. The predicted molar refractivity (Wildman–Crippen MR) is 100.0 cm³/mol. The Hall–Kier alpha value is -1.62. The first-order valence-corrected chi connectivity index (χ1v) is 9.74. The topological polar surface area (TPSA) is 54.5 Å². The number of carbonyl (C=O) groups is 1. The lowest BCUT2D eigenvalue weighted by Gasteiger charge is -2.39. The molecule has 0 spiro atoms. The van der Waals surface area contributed by atoms with Crippen LogP contribution in [0.5, 0.6) is 0 Å². The Kier molecular flexibility index (Phi) is 5.94. The minimum absolute atomic E-state index is 0.0341. The van der Waals surface area contributed by atoms with Crippen LogP contribution in [0.15, 0.2) is 18.3 Å². The Bertz CT molecular complexity index is 586. The number of nitrogens with zero attached hydrogens (tertiary/aromatic N) is 2. The fraction of sp³-hybridized carbons (Fsp3) is 0.700. The average Bonchev–Trinajstić information content (AvgIpc) is 3.44. The molecule has 5 heteroatoms. The number of morpholine rings is 1. The number of hydrogen-bond acceptors (Lipinski definition) is 4. The van der Waals surface area contributed by atoms with Gasteiger partial charge in [0.2, 0.25) is 0 Å². The van der Waals surface area contributed by atoms with E-state index in [1.54, 1.807) is 12.3 Å². The smallest absolute Gasteiger partial charge is 0.251 e. The zero-order valence-corrected chi connectivity index (χ0v) is 15.7. The summed E-state index contributed by atoms with van der Waals surface area (Å²) in [6.45, 7) is 7.92. The number of anilines is 1. The van der Waals surface area contributed by atoms with Gasteiger partial charge in [-0.2, -0.15) is 0 Å². The van der Waals surface area contributed by atoms with Gasteiger partial charge < -0.3 is 15.0 Å². The van der Waals surface area contributed by atoms with E-state index in [1.165, 1.54) is 25.7 Å². The van der Waals surface area contributed by atoms with Gasteiger partial charge in [-0.05, 0) is 51.2 Å². The largest absolute Gasteiger partial charge is 0.371 e. The van der Waals surface area contributed by atoms with Gasteiger partial charge >= 0.3 is 0 Å². The highest BCUT2D eigenvalue weighted by Gasteiger charge is 2.38. The van der Waals surface area contributed by atoms with Crippen molar-refractivity contribution in [3.63, 3.8) is 0 Å². The van der Waals surface area contributed by atoms with Gasteiger partial charge in [0, 0.05) is 30.9 Å². The van der Waals surface area contributed by atoms with Gasteiger partial charge in [0.15, 0.2) is 0 Å². The van der Waals surface area contributed by atoms with Crippen molar-refractivity contribution in [2.45, 2.75) is 71.1 Å². The van der Waals surface area contributed by atoms with E-state index in [0.717, 1.165) is 25.3 Å². The van der Waals surface area contributed by atoms with Crippen molar-refractivity contribution in [1.82, 2.24) is 10.3 Å². The Morgan fingerprint density at radius 1 is 1.40 bits per heavy atom. The van der Waals surface area contributed by atoms with Crippen LogP contribution in [0.25, 0.3) is 0 Å². The molecule has 1 amide bonds. The highest BCUT2D eigenvalue weighted by molar-refractivity contribution is 5.94. The van der Waals surface area contributed by atoms with Crippen molar-refractivity contribution in [2.75, 3.05) is 18.0 Å². The zero-order chi connectivity index (χ0) is 17.8. The molecule has 2 fully saturated rings. The van der Waals surface area contributed by atoms with Crippen LogP contribution in [0.1, 0.15) is 63.2 Å². The highest BCUT2D eigenvalue weighted by Crippen LogP contribution is 2.38. The van der Waals surface area contributed by atoms with Gasteiger partial charge in [0.1, 0.15) is 5.82 Å². The van der Waals surface area contributed by atoms with Crippen molar-refractivity contribution in [3.05, 3.63) is 23.9 Å². The van der Waals surface area contributed by atoms with Crippen LogP contribution in [0.2, 0.25) is 0 Å². The lowest BCUT2D eigenvalue weighted by Crippen LogP contribution is -2.49. The van der Waals surface area contributed by atoms with Crippen molar-refractivity contribution in [2.24, 2.45) is 5.92 Å². The third-order valence-electron chi connectivity index (χ3n) is 4.97. The number of pyridine rings is 1. The Balaban J connectivity index is 1.73. The van der Waals surface area contributed by atoms with Crippen LogP contribution in [0, 0.1) is 5.92 Å². The lowest BCUT2D eigenvalue weighted by molar-refractivity contribution is -0.0411. The summed E-state index contributed by atoms with van der Waals surface area (Å²) in [5.74, 6) is 1.57. The Labute approximate surface area is 151 Å². The maximum Gasteiger partial charge on any atom is 0.251 e. The minimum atomic E-state index is -0.0341. The summed E-state index contributed by atoms with van der Waals surface area (Å²) >= 11 is 0. The second-order valence-electron chi connectivity index (χ2n) is 7.71. The van der Waals surface area contributed by atoms with Crippen molar-refractivity contribution in [3.8, 4) is 0 Å². The van der Waals surface area contributed by atoms with Crippen LogP contribution in [-0.2, 0) is 4.74 Å². The summed E-state index contributed by atoms with van der Waals surface area (Å²) in [4.78, 5) is 19.2. The molecule has 2 atom stereocenters. The first-order valence-electron chi connectivity index (χ1n) is 9.74. The number of unbranched alkanes of at least 4 members (excludes halogenated alkanes) is 1. The maximum absolute atomic E-state index is 12.3. The molecule has 1 aromatic rings. The highest BCUT2D eigenvalue weighted by atomic mass is 16.5. The van der Waals surface area contributed by atoms with Crippen LogP contribution in [0.4, 0.5) is 5.82 Å². The molecule has 0 unspecified atom stereocenters. The van der Waals surface area contributed by atoms with E-state index in [-0.39, 0.29) is 18.1 Å². The quantitative estimate of drug-likeness (QED) is 0.823. The van der Waals surface area contributed by atoms with E-state index in [1.807, 2.05) is 19.9 Å². The second kappa shape index (κ2) is 8.17. The Morgan fingerprint density at radius 3 is 2.88 bits per heavy atom. The summed E-state index contributed by atoms with van der Waals surface area (Å²) < 4.78 is 6.35. The van der Waals surface area contributed by atoms with E-state index in [9.17, 15) is 4.79 Å². The maximum atomic E-state index is 12.3. The first kappa shape index (κ1) is 18.2. The molecule has 1 saturated heterocycles. The van der Waals surface area contributed by atoms with Gasteiger partial charge in [-0.15, -0.1) is 0 Å². The number of aromatic nitrogens is 1. The molecule has 2 aliphatic rings. The van der Waals surface area contributed by atoms with Crippen molar-refractivity contribution in [1.29, 1.82) is 0 Å².